The quantitative estimate of drug-likeness (QED) is 0.571. The molecule has 4 rings (SSSR count). The van der Waals surface area contributed by atoms with Crippen LogP contribution in [0, 0.1) is 0 Å². The van der Waals surface area contributed by atoms with E-state index in [2.05, 4.69) is 9.71 Å². The predicted molar refractivity (Wildman–Crippen MR) is 117 cm³/mol. The van der Waals surface area contributed by atoms with Gasteiger partial charge in [-0.1, -0.05) is 12.1 Å². The highest BCUT2D eigenvalue weighted by atomic mass is 32.2. The number of thiophene rings is 1. The Morgan fingerprint density at radius 2 is 1.81 bits per heavy atom. The molecule has 3 aromatic rings. The van der Waals surface area contributed by atoms with E-state index >= 15 is 0 Å². The summed E-state index contributed by atoms with van der Waals surface area (Å²) in [4.78, 5) is 20.2. The van der Waals surface area contributed by atoms with Crippen molar-refractivity contribution in [1.29, 1.82) is 0 Å². The predicted octanol–water partition coefficient (Wildman–Crippen LogP) is 3.99. The van der Waals surface area contributed by atoms with Crippen molar-refractivity contribution in [2.45, 2.75) is 10.4 Å². The molecule has 1 fully saturated rings. The van der Waals surface area contributed by atoms with E-state index in [0.717, 1.165) is 34.8 Å². The van der Waals surface area contributed by atoms with Gasteiger partial charge in [-0.25, -0.2) is 13.4 Å². The second-order valence-electron chi connectivity index (χ2n) is 6.90. The van der Waals surface area contributed by atoms with E-state index in [1.54, 1.807) is 27.3 Å². The number of carbonyl (C=O) groups excluding carboxylic acids is 1. The summed E-state index contributed by atoms with van der Waals surface area (Å²) >= 11 is 2.08. The second kappa shape index (κ2) is 8.71. The molecule has 1 amide bonds. The summed E-state index contributed by atoms with van der Waals surface area (Å²) in [6, 6.07) is 8.19. The highest BCUT2D eigenvalue weighted by Gasteiger charge is 2.31. The summed E-state index contributed by atoms with van der Waals surface area (Å²) in [5, 5.41) is 3.21. The van der Waals surface area contributed by atoms with Gasteiger partial charge in [-0.05, 0) is 29.6 Å². The smallest absolute Gasteiger partial charge is 0.368 e. The summed E-state index contributed by atoms with van der Waals surface area (Å²) in [5.41, 5.74) is -0.147. The Morgan fingerprint density at radius 3 is 2.47 bits per heavy atom. The van der Waals surface area contributed by atoms with Crippen molar-refractivity contribution >= 4 is 49.4 Å². The number of hydrogen-bond donors (Lipinski definition) is 1. The molecule has 1 N–H and O–H groups in total. The normalized spacial score (nSPS) is 15.1. The molecule has 32 heavy (non-hydrogen) atoms. The van der Waals surface area contributed by atoms with Crippen LogP contribution in [0.25, 0.3) is 0 Å². The summed E-state index contributed by atoms with van der Waals surface area (Å²) in [7, 11) is -3.75. The van der Waals surface area contributed by atoms with E-state index in [9.17, 15) is 26.4 Å². The Morgan fingerprint density at radius 1 is 1.06 bits per heavy atom. The number of benzene rings is 1. The molecular weight excluding hydrogens is 485 g/mol. The third-order valence-corrected chi connectivity index (χ3v) is 8.43. The Hall–Kier alpha value is -2.64. The highest BCUT2D eigenvalue weighted by molar-refractivity contribution is 7.94. The fourth-order valence-electron chi connectivity index (χ4n) is 3.21. The average molecular weight is 503 g/mol. The van der Waals surface area contributed by atoms with Crippen LogP contribution in [-0.2, 0) is 16.2 Å². The Labute approximate surface area is 190 Å². The fourth-order valence-corrected chi connectivity index (χ4v) is 6.14. The SMILES string of the molecule is O=C(c1csc(NS(=O)(=O)c2cccs2)n1)N1CCN(c2cccc(C(F)(F)F)c2)CC1. The van der Waals surface area contributed by atoms with Crippen LogP contribution in [0.5, 0.6) is 0 Å². The molecule has 0 spiro atoms. The first-order chi connectivity index (χ1) is 15.1. The third kappa shape index (κ3) is 4.89. The number of aromatic nitrogens is 1. The van der Waals surface area contributed by atoms with Gasteiger partial charge in [0.2, 0.25) is 0 Å². The number of nitrogens with one attached hydrogen (secondary N) is 1. The van der Waals surface area contributed by atoms with Gasteiger partial charge in [-0.2, -0.15) is 13.2 Å². The van der Waals surface area contributed by atoms with Crippen molar-refractivity contribution in [3.05, 3.63) is 58.4 Å². The number of carbonyl (C=O) groups is 1. The zero-order valence-electron chi connectivity index (χ0n) is 16.4. The molecule has 7 nitrogen and oxygen atoms in total. The standard InChI is InChI=1S/C19H17F3N4O3S3/c20-19(21,22)13-3-1-4-14(11-13)25-6-8-26(9-7-25)17(27)15-12-31-18(23-15)24-32(28,29)16-5-2-10-30-16/h1-5,10-12H,6-9H2,(H,23,24). The molecule has 1 aliphatic rings. The minimum atomic E-state index is -4.42. The Bertz CT molecular complexity index is 1200. The monoisotopic (exact) mass is 502 g/mol. The van der Waals surface area contributed by atoms with Crippen LogP contribution in [0.15, 0.2) is 51.4 Å². The van der Waals surface area contributed by atoms with Crippen molar-refractivity contribution in [3.8, 4) is 0 Å². The van der Waals surface area contributed by atoms with Gasteiger partial charge in [0.1, 0.15) is 9.90 Å². The molecule has 13 heteroatoms. The van der Waals surface area contributed by atoms with Gasteiger partial charge in [0.15, 0.2) is 5.13 Å². The molecule has 1 aromatic carbocycles. The molecular formula is C19H17F3N4O3S3. The van der Waals surface area contributed by atoms with Crippen molar-refractivity contribution in [2.24, 2.45) is 0 Å². The lowest BCUT2D eigenvalue weighted by Crippen LogP contribution is -2.48. The molecule has 2 aromatic heterocycles. The van der Waals surface area contributed by atoms with Gasteiger partial charge in [0.05, 0.1) is 5.56 Å². The van der Waals surface area contributed by atoms with Crippen molar-refractivity contribution < 1.29 is 26.4 Å². The van der Waals surface area contributed by atoms with Gasteiger partial charge in [-0.3, -0.25) is 9.52 Å². The molecule has 3 heterocycles. The lowest BCUT2D eigenvalue weighted by atomic mass is 10.1. The van der Waals surface area contributed by atoms with Crippen LogP contribution in [-0.4, -0.2) is 50.4 Å². The zero-order chi connectivity index (χ0) is 22.9. The number of anilines is 2. The topological polar surface area (TPSA) is 82.6 Å². The molecule has 0 unspecified atom stereocenters. The largest absolute Gasteiger partial charge is 0.416 e. The lowest BCUT2D eigenvalue weighted by molar-refractivity contribution is -0.137. The molecule has 1 saturated heterocycles. The van der Waals surface area contributed by atoms with Crippen molar-refractivity contribution in [3.63, 3.8) is 0 Å². The highest BCUT2D eigenvalue weighted by Crippen LogP contribution is 2.32. The number of alkyl halides is 3. The summed E-state index contributed by atoms with van der Waals surface area (Å²) in [6.45, 7) is 1.36. The van der Waals surface area contributed by atoms with Crippen molar-refractivity contribution in [1.82, 2.24) is 9.88 Å². The zero-order valence-corrected chi connectivity index (χ0v) is 18.8. The number of thiazole rings is 1. The van der Waals surface area contributed by atoms with Crippen LogP contribution < -0.4 is 9.62 Å². The first-order valence-corrected chi connectivity index (χ1v) is 12.6. The third-order valence-electron chi connectivity index (χ3n) is 4.81. The maximum Gasteiger partial charge on any atom is 0.416 e. The minimum Gasteiger partial charge on any atom is -0.368 e. The summed E-state index contributed by atoms with van der Waals surface area (Å²) in [5.74, 6) is -0.355. The number of hydrogen-bond acceptors (Lipinski definition) is 7. The van der Waals surface area contributed by atoms with Gasteiger partial charge in [0.25, 0.3) is 15.9 Å². The van der Waals surface area contributed by atoms with E-state index < -0.39 is 21.8 Å². The molecule has 0 saturated carbocycles. The van der Waals surface area contributed by atoms with E-state index in [0.29, 0.717) is 31.9 Å². The number of rotatable bonds is 5. The molecule has 0 radical (unpaired) electrons. The molecule has 0 aliphatic carbocycles. The fraction of sp³-hybridized carbons (Fsp3) is 0.263. The van der Waals surface area contributed by atoms with Gasteiger partial charge in [-0.15, -0.1) is 22.7 Å². The van der Waals surface area contributed by atoms with Gasteiger partial charge in [0, 0.05) is 37.2 Å². The van der Waals surface area contributed by atoms with Crippen LogP contribution in [0.4, 0.5) is 24.0 Å². The first kappa shape index (κ1) is 22.6. The maximum absolute atomic E-state index is 13.0. The van der Waals surface area contributed by atoms with Gasteiger partial charge >= 0.3 is 6.18 Å². The van der Waals surface area contributed by atoms with Crippen LogP contribution in [0.2, 0.25) is 0 Å². The number of halogens is 3. The first-order valence-electron chi connectivity index (χ1n) is 9.37. The average Bonchev–Trinajstić information content (AvgIpc) is 3.45. The molecule has 0 atom stereocenters. The van der Waals surface area contributed by atoms with Crippen LogP contribution >= 0.6 is 22.7 Å². The minimum absolute atomic E-state index is 0.0874. The van der Waals surface area contributed by atoms with Crippen molar-refractivity contribution in [2.75, 3.05) is 35.8 Å². The maximum atomic E-state index is 13.0. The molecule has 1 aliphatic heterocycles. The van der Waals surface area contributed by atoms with E-state index in [4.69, 9.17) is 0 Å². The number of nitrogens with zero attached hydrogens (tertiary/aromatic N) is 3. The number of piperazine rings is 1. The summed E-state index contributed by atoms with van der Waals surface area (Å²) in [6.07, 6.45) is -4.42. The van der Waals surface area contributed by atoms with Crippen LogP contribution in [0.1, 0.15) is 16.1 Å². The van der Waals surface area contributed by atoms with Gasteiger partial charge < -0.3 is 9.80 Å². The molecule has 0 bridgehead atoms. The van der Waals surface area contributed by atoms with E-state index in [1.165, 1.54) is 17.5 Å². The van der Waals surface area contributed by atoms with Crippen LogP contribution in [0.3, 0.4) is 0 Å². The lowest BCUT2D eigenvalue weighted by Gasteiger charge is -2.36. The second-order valence-corrected chi connectivity index (χ2v) is 10.6. The van der Waals surface area contributed by atoms with E-state index in [-0.39, 0.29) is 20.9 Å². The number of amides is 1. The summed E-state index contributed by atoms with van der Waals surface area (Å²) < 4.78 is 66.0. The Balaban J connectivity index is 1.38. The number of sulfonamides is 1. The Kier molecular flexibility index (Phi) is 6.14. The van der Waals surface area contributed by atoms with E-state index in [1.807, 2.05) is 0 Å². The molecule has 170 valence electrons.